The highest BCUT2D eigenvalue weighted by Gasteiger charge is 2.13. The number of esters is 1. The van der Waals surface area contributed by atoms with E-state index in [1.54, 1.807) is 12.1 Å². The van der Waals surface area contributed by atoms with Gasteiger partial charge >= 0.3 is 5.97 Å². The van der Waals surface area contributed by atoms with E-state index < -0.39 is 0 Å². The van der Waals surface area contributed by atoms with Crippen molar-refractivity contribution >= 4 is 27.8 Å². The smallest absolute Gasteiger partial charge is 0.325 e. The molecule has 0 aliphatic carbocycles. The number of aromatic nitrogens is 1. The van der Waals surface area contributed by atoms with Crippen molar-refractivity contribution in [3.8, 4) is 0 Å². The van der Waals surface area contributed by atoms with Gasteiger partial charge in [0.2, 0.25) is 0 Å². The fraction of sp³-hybridized carbons (Fsp3) is 0.263. The Kier molecular flexibility index (Phi) is 4.42. The number of ether oxygens (including phenoxy) is 1. The van der Waals surface area contributed by atoms with Crippen molar-refractivity contribution in [2.24, 2.45) is 0 Å². The maximum Gasteiger partial charge on any atom is 0.325 e. The number of hydrogen-bond donors (Lipinski definition) is 0. The van der Waals surface area contributed by atoms with E-state index in [0.29, 0.717) is 17.4 Å². The number of benzene rings is 2. The Bertz CT molecular complexity index is 851. The van der Waals surface area contributed by atoms with Crippen LogP contribution >= 0.6 is 0 Å². The highest BCUT2D eigenvalue weighted by atomic mass is 16.5. The second-order valence-corrected chi connectivity index (χ2v) is 5.52. The zero-order valence-electron chi connectivity index (χ0n) is 13.1. The third kappa shape index (κ3) is 2.97. The van der Waals surface area contributed by atoms with Gasteiger partial charge < -0.3 is 9.30 Å². The van der Waals surface area contributed by atoms with Crippen molar-refractivity contribution in [2.45, 2.75) is 26.3 Å². The van der Waals surface area contributed by atoms with Gasteiger partial charge in [-0.2, -0.15) is 0 Å². The van der Waals surface area contributed by atoms with Gasteiger partial charge in [-0.25, -0.2) is 0 Å². The molecule has 0 bridgehead atoms. The number of unbranched alkanes of at least 4 members (excludes halogenated alkanes) is 1. The average molecular weight is 309 g/mol. The Morgan fingerprint density at radius 1 is 1.00 bits per heavy atom. The van der Waals surface area contributed by atoms with Crippen LogP contribution in [0.1, 0.15) is 19.8 Å². The van der Waals surface area contributed by atoms with E-state index >= 15 is 0 Å². The van der Waals surface area contributed by atoms with Gasteiger partial charge in [0.1, 0.15) is 6.54 Å². The van der Waals surface area contributed by atoms with E-state index in [4.69, 9.17) is 4.74 Å². The van der Waals surface area contributed by atoms with Crippen LogP contribution < -0.4 is 5.43 Å². The second kappa shape index (κ2) is 6.65. The molecule has 0 aliphatic rings. The van der Waals surface area contributed by atoms with Crippen LogP contribution in [0.5, 0.6) is 0 Å². The maximum absolute atomic E-state index is 12.6. The van der Waals surface area contributed by atoms with E-state index in [0.717, 1.165) is 23.9 Å². The molecule has 0 aliphatic heterocycles. The molecule has 0 N–H and O–H groups in total. The van der Waals surface area contributed by atoms with Gasteiger partial charge in [0.05, 0.1) is 17.6 Å². The first-order chi connectivity index (χ1) is 11.2. The van der Waals surface area contributed by atoms with E-state index in [1.165, 1.54) is 0 Å². The van der Waals surface area contributed by atoms with Crippen molar-refractivity contribution in [1.29, 1.82) is 0 Å². The monoisotopic (exact) mass is 309 g/mol. The molecule has 0 atom stereocenters. The second-order valence-electron chi connectivity index (χ2n) is 5.52. The molecule has 118 valence electrons. The van der Waals surface area contributed by atoms with Crippen molar-refractivity contribution in [3.63, 3.8) is 0 Å². The molecular weight excluding hydrogens is 290 g/mol. The highest BCUT2D eigenvalue weighted by Crippen LogP contribution is 2.19. The van der Waals surface area contributed by atoms with Gasteiger partial charge in [-0.3, -0.25) is 9.59 Å². The number of pyridine rings is 1. The molecule has 3 aromatic rings. The normalized spacial score (nSPS) is 11.0. The predicted octanol–water partition coefficient (Wildman–Crippen LogP) is 3.50. The number of hydrogen-bond acceptors (Lipinski definition) is 3. The zero-order valence-corrected chi connectivity index (χ0v) is 13.1. The minimum atomic E-state index is -0.280. The third-order valence-electron chi connectivity index (χ3n) is 3.93. The molecule has 3 rings (SSSR count). The summed E-state index contributed by atoms with van der Waals surface area (Å²) in [6.07, 6.45) is 1.84. The fourth-order valence-electron chi connectivity index (χ4n) is 2.75. The lowest BCUT2D eigenvalue weighted by Crippen LogP contribution is -2.18. The molecule has 1 heterocycles. The van der Waals surface area contributed by atoms with Crippen LogP contribution in [0.3, 0.4) is 0 Å². The lowest BCUT2D eigenvalue weighted by Gasteiger charge is -2.14. The van der Waals surface area contributed by atoms with Crippen LogP contribution in [0, 0.1) is 0 Å². The molecule has 23 heavy (non-hydrogen) atoms. The Morgan fingerprint density at radius 3 is 2.13 bits per heavy atom. The minimum Gasteiger partial charge on any atom is -0.464 e. The molecule has 0 fully saturated rings. The van der Waals surface area contributed by atoms with E-state index in [1.807, 2.05) is 41.0 Å². The molecular formula is C19H19NO3. The number of carbonyl (C=O) groups excluding carboxylic acids is 1. The number of rotatable bonds is 5. The summed E-state index contributed by atoms with van der Waals surface area (Å²) < 4.78 is 7.14. The van der Waals surface area contributed by atoms with Crippen LogP contribution in [0.2, 0.25) is 0 Å². The molecule has 0 spiro atoms. The Hall–Kier alpha value is -2.62. The Labute approximate surface area is 134 Å². The molecule has 0 saturated heterocycles. The lowest BCUT2D eigenvalue weighted by atomic mass is 10.1. The highest BCUT2D eigenvalue weighted by molar-refractivity contribution is 5.94. The molecule has 0 unspecified atom stereocenters. The molecule has 0 amide bonds. The number of fused-ring (bicyclic) bond motifs is 2. The molecule has 4 heteroatoms. The summed E-state index contributed by atoms with van der Waals surface area (Å²) in [5, 5.41) is 1.24. The minimum absolute atomic E-state index is 0.00759. The van der Waals surface area contributed by atoms with E-state index in [2.05, 4.69) is 6.92 Å². The van der Waals surface area contributed by atoms with Crippen LogP contribution in [0.25, 0.3) is 21.8 Å². The molecule has 4 nitrogen and oxygen atoms in total. The third-order valence-corrected chi connectivity index (χ3v) is 3.93. The van der Waals surface area contributed by atoms with Gasteiger partial charge in [-0.1, -0.05) is 37.6 Å². The summed E-state index contributed by atoms with van der Waals surface area (Å²) in [6.45, 7) is 2.59. The fourth-order valence-corrected chi connectivity index (χ4v) is 2.75. The topological polar surface area (TPSA) is 48.3 Å². The van der Waals surface area contributed by atoms with Crippen molar-refractivity contribution in [2.75, 3.05) is 6.61 Å². The van der Waals surface area contributed by atoms with Gasteiger partial charge in [0.15, 0.2) is 5.43 Å². The number of nitrogens with zero attached hydrogens (tertiary/aromatic N) is 1. The van der Waals surface area contributed by atoms with Crippen molar-refractivity contribution in [3.05, 3.63) is 58.8 Å². The molecule has 2 aromatic carbocycles. The summed E-state index contributed by atoms with van der Waals surface area (Å²) in [7, 11) is 0. The summed E-state index contributed by atoms with van der Waals surface area (Å²) in [4.78, 5) is 24.7. The van der Waals surface area contributed by atoms with Crippen LogP contribution in [-0.2, 0) is 16.1 Å². The number of para-hydroxylation sites is 2. The van der Waals surface area contributed by atoms with Crippen LogP contribution in [-0.4, -0.2) is 17.1 Å². The predicted molar refractivity (Wildman–Crippen MR) is 91.6 cm³/mol. The summed E-state index contributed by atoms with van der Waals surface area (Å²) in [5.74, 6) is -0.280. The zero-order chi connectivity index (χ0) is 16.2. The van der Waals surface area contributed by atoms with Gasteiger partial charge in [-0.05, 0) is 30.7 Å². The first-order valence-corrected chi connectivity index (χ1v) is 7.88. The van der Waals surface area contributed by atoms with Crippen LogP contribution in [0.15, 0.2) is 53.3 Å². The molecule has 1 aromatic heterocycles. The Morgan fingerprint density at radius 2 is 1.57 bits per heavy atom. The van der Waals surface area contributed by atoms with Crippen molar-refractivity contribution < 1.29 is 9.53 Å². The largest absolute Gasteiger partial charge is 0.464 e. The Balaban J connectivity index is 2.11. The molecule has 0 saturated carbocycles. The van der Waals surface area contributed by atoms with E-state index in [-0.39, 0.29) is 17.9 Å². The van der Waals surface area contributed by atoms with Gasteiger partial charge in [0, 0.05) is 10.8 Å². The first-order valence-electron chi connectivity index (χ1n) is 7.88. The first kappa shape index (κ1) is 15.3. The quantitative estimate of drug-likeness (QED) is 0.412. The summed E-state index contributed by atoms with van der Waals surface area (Å²) in [6, 6.07) is 14.7. The number of carbonyl (C=O) groups is 1. The lowest BCUT2D eigenvalue weighted by molar-refractivity contribution is -0.144. The standard InChI is InChI=1S/C19H19NO3/c1-2-3-12-23-18(21)13-20-16-10-6-4-8-14(16)19(22)15-9-5-7-11-17(15)20/h4-11H,2-3,12-13H2,1H3. The van der Waals surface area contributed by atoms with Crippen molar-refractivity contribution in [1.82, 2.24) is 4.57 Å². The van der Waals surface area contributed by atoms with Gasteiger partial charge in [-0.15, -0.1) is 0 Å². The average Bonchev–Trinajstić information content (AvgIpc) is 2.59. The summed E-state index contributed by atoms with van der Waals surface area (Å²) in [5.41, 5.74) is 1.50. The van der Waals surface area contributed by atoms with Crippen LogP contribution in [0.4, 0.5) is 0 Å². The maximum atomic E-state index is 12.6. The summed E-state index contributed by atoms with van der Waals surface area (Å²) >= 11 is 0. The van der Waals surface area contributed by atoms with Gasteiger partial charge in [0.25, 0.3) is 0 Å². The molecule has 0 radical (unpaired) electrons. The SMILES string of the molecule is CCCCOC(=O)Cn1c2ccccc2c(=O)c2ccccc21. The van der Waals surface area contributed by atoms with E-state index in [9.17, 15) is 9.59 Å².